The molecule has 0 saturated heterocycles. The zero-order valence-corrected chi connectivity index (χ0v) is 15.6. The number of aromatic nitrogens is 2. The highest BCUT2D eigenvalue weighted by molar-refractivity contribution is 6.35. The summed E-state index contributed by atoms with van der Waals surface area (Å²) in [5, 5.41) is 7.54. The molecule has 26 heavy (non-hydrogen) atoms. The molecule has 5 nitrogen and oxygen atoms in total. The van der Waals surface area contributed by atoms with E-state index >= 15 is 0 Å². The van der Waals surface area contributed by atoms with E-state index in [-0.39, 0.29) is 16.5 Å². The summed E-state index contributed by atoms with van der Waals surface area (Å²) in [6, 6.07) is 13.5. The van der Waals surface area contributed by atoms with Gasteiger partial charge in [0.05, 0.1) is 16.4 Å². The van der Waals surface area contributed by atoms with Crippen molar-refractivity contribution in [2.75, 3.05) is 5.32 Å². The van der Waals surface area contributed by atoms with Gasteiger partial charge in [0.2, 0.25) is 0 Å². The maximum Gasteiger partial charge on any atom is 0.275 e. The fraction of sp³-hybridized carbons (Fsp3) is 0.105. The number of nitrogens with zero attached hydrogens (tertiary/aromatic N) is 2. The van der Waals surface area contributed by atoms with Crippen molar-refractivity contribution in [2.45, 2.75) is 6.92 Å². The molecule has 0 unspecified atom stereocenters. The van der Waals surface area contributed by atoms with Crippen molar-refractivity contribution in [3.63, 3.8) is 0 Å². The number of hydrogen-bond acceptors (Lipinski definition) is 3. The molecule has 0 atom stereocenters. The summed E-state index contributed by atoms with van der Waals surface area (Å²) in [4.78, 5) is 25.5. The van der Waals surface area contributed by atoms with Crippen molar-refractivity contribution in [3.8, 4) is 0 Å². The Hall–Kier alpha value is -2.63. The van der Waals surface area contributed by atoms with Crippen molar-refractivity contribution < 1.29 is 9.59 Å². The maximum absolute atomic E-state index is 12.8. The summed E-state index contributed by atoms with van der Waals surface area (Å²) in [5.74, 6) is -0.696. The molecule has 7 heteroatoms. The second-order valence-corrected chi connectivity index (χ2v) is 6.53. The highest BCUT2D eigenvalue weighted by Gasteiger charge is 2.21. The maximum atomic E-state index is 12.8. The Labute approximate surface area is 160 Å². The number of rotatable bonds is 4. The number of nitrogens with one attached hydrogen (secondary N) is 1. The molecule has 0 spiro atoms. The minimum Gasteiger partial charge on any atom is -0.320 e. The van der Waals surface area contributed by atoms with Crippen LogP contribution >= 0.6 is 23.2 Å². The predicted octanol–water partition coefficient (Wildman–Crippen LogP) is 4.52. The molecule has 1 heterocycles. The van der Waals surface area contributed by atoms with E-state index in [0.717, 1.165) is 0 Å². The normalized spacial score (nSPS) is 10.6. The molecule has 0 saturated carbocycles. The van der Waals surface area contributed by atoms with Crippen LogP contribution in [0.15, 0.2) is 48.5 Å². The van der Waals surface area contributed by atoms with Gasteiger partial charge in [0.1, 0.15) is 5.69 Å². The van der Waals surface area contributed by atoms with E-state index in [1.165, 1.54) is 10.7 Å². The monoisotopic (exact) mass is 387 g/mol. The number of amides is 1. The van der Waals surface area contributed by atoms with Crippen LogP contribution in [0.25, 0.3) is 0 Å². The average Bonchev–Trinajstić information content (AvgIpc) is 2.88. The fourth-order valence-corrected chi connectivity index (χ4v) is 3.04. The molecule has 132 valence electrons. The van der Waals surface area contributed by atoms with Gasteiger partial charge in [-0.25, -0.2) is 0 Å². The van der Waals surface area contributed by atoms with Gasteiger partial charge in [-0.2, -0.15) is 5.10 Å². The second-order valence-electron chi connectivity index (χ2n) is 5.71. The number of carbonyl (C=O) groups is 2. The van der Waals surface area contributed by atoms with E-state index < -0.39 is 5.91 Å². The van der Waals surface area contributed by atoms with Gasteiger partial charge in [-0.1, -0.05) is 53.5 Å². The van der Waals surface area contributed by atoms with Crippen LogP contribution in [-0.2, 0) is 7.05 Å². The summed E-state index contributed by atoms with van der Waals surface area (Å²) in [6.45, 7) is 1.71. The number of hydrogen-bond donors (Lipinski definition) is 1. The molecule has 0 fully saturated rings. The van der Waals surface area contributed by atoms with E-state index in [9.17, 15) is 9.59 Å². The Balaban J connectivity index is 1.98. The number of halogens is 2. The van der Waals surface area contributed by atoms with Crippen LogP contribution in [0.2, 0.25) is 10.0 Å². The van der Waals surface area contributed by atoms with Gasteiger partial charge in [-0.3, -0.25) is 14.3 Å². The first-order chi connectivity index (χ1) is 12.4. The number of anilines is 1. The molecule has 2 aromatic carbocycles. The van der Waals surface area contributed by atoms with E-state index in [1.54, 1.807) is 50.4 Å². The number of ketones is 1. The van der Waals surface area contributed by atoms with Gasteiger partial charge in [0.25, 0.3) is 5.91 Å². The summed E-state index contributed by atoms with van der Waals surface area (Å²) >= 11 is 12.2. The summed E-state index contributed by atoms with van der Waals surface area (Å²) in [7, 11) is 1.63. The highest BCUT2D eigenvalue weighted by atomic mass is 35.5. The Morgan fingerprint density at radius 2 is 1.77 bits per heavy atom. The Bertz CT molecular complexity index is 998. The molecular formula is C19H15Cl2N3O2. The van der Waals surface area contributed by atoms with Gasteiger partial charge in [-0.15, -0.1) is 0 Å². The SMILES string of the molecule is Cc1nn(C)c(C(=O)Nc2ccc(Cl)cc2C(=O)c2ccccc2)c1Cl. The minimum atomic E-state index is -0.456. The van der Waals surface area contributed by atoms with E-state index in [0.29, 0.717) is 27.5 Å². The molecule has 1 aromatic heterocycles. The first-order valence-corrected chi connectivity index (χ1v) is 8.54. The predicted molar refractivity (Wildman–Crippen MR) is 102 cm³/mol. The fourth-order valence-electron chi connectivity index (χ4n) is 2.62. The minimum absolute atomic E-state index is 0.220. The molecule has 0 radical (unpaired) electrons. The third-order valence-electron chi connectivity index (χ3n) is 3.87. The molecule has 0 aliphatic heterocycles. The topological polar surface area (TPSA) is 64.0 Å². The zero-order valence-electron chi connectivity index (χ0n) is 14.1. The summed E-state index contributed by atoms with van der Waals surface area (Å²) in [5.41, 5.74) is 1.92. The largest absolute Gasteiger partial charge is 0.320 e. The third-order valence-corrected chi connectivity index (χ3v) is 4.56. The van der Waals surface area contributed by atoms with Crippen molar-refractivity contribution in [2.24, 2.45) is 7.05 Å². The number of aryl methyl sites for hydroxylation is 2. The van der Waals surface area contributed by atoms with Gasteiger partial charge in [0.15, 0.2) is 5.78 Å². The molecule has 1 N–H and O–H groups in total. The smallest absolute Gasteiger partial charge is 0.275 e. The van der Waals surface area contributed by atoms with Gasteiger partial charge in [0, 0.05) is 23.2 Å². The van der Waals surface area contributed by atoms with Gasteiger partial charge < -0.3 is 5.32 Å². The average molecular weight is 388 g/mol. The molecule has 0 aliphatic carbocycles. The standard InChI is InChI=1S/C19H15Cl2N3O2/c1-11-16(21)17(24(2)23-11)19(26)22-15-9-8-13(20)10-14(15)18(25)12-6-4-3-5-7-12/h3-10H,1-2H3,(H,22,26). The van der Waals surface area contributed by atoms with Crippen LogP contribution in [-0.4, -0.2) is 21.5 Å². The molecule has 0 bridgehead atoms. The molecular weight excluding hydrogens is 373 g/mol. The van der Waals surface area contributed by atoms with Crippen molar-refractivity contribution in [1.29, 1.82) is 0 Å². The van der Waals surface area contributed by atoms with Crippen LogP contribution in [0.1, 0.15) is 32.1 Å². The number of benzene rings is 2. The van der Waals surface area contributed by atoms with Crippen LogP contribution < -0.4 is 5.32 Å². The van der Waals surface area contributed by atoms with Crippen LogP contribution in [0.5, 0.6) is 0 Å². The number of carbonyl (C=O) groups excluding carboxylic acids is 2. The lowest BCUT2D eigenvalue weighted by Gasteiger charge is -2.11. The van der Waals surface area contributed by atoms with Crippen molar-refractivity contribution in [1.82, 2.24) is 9.78 Å². The second kappa shape index (κ2) is 7.32. The lowest BCUT2D eigenvalue weighted by molar-refractivity contribution is 0.101. The molecule has 0 aliphatic rings. The lowest BCUT2D eigenvalue weighted by atomic mass is 10.0. The highest BCUT2D eigenvalue weighted by Crippen LogP contribution is 2.26. The van der Waals surface area contributed by atoms with E-state index in [1.807, 2.05) is 6.07 Å². The third kappa shape index (κ3) is 3.49. The summed E-state index contributed by atoms with van der Waals surface area (Å²) < 4.78 is 1.40. The van der Waals surface area contributed by atoms with Crippen LogP contribution in [0.3, 0.4) is 0 Å². The van der Waals surface area contributed by atoms with E-state index in [4.69, 9.17) is 23.2 Å². The van der Waals surface area contributed by atoms with Crippen molar-refractivity contribution in [3.05, 3.63) is 81.1 Å². The zero-order chi connectivity index (χ0) is 18.8. The first-order valence-electron chi connectivity index (χ1n) is 7.78. The van der Waals surface area contributed by atoms with Crippen molar-refractivity contribution >= 4 is 40.6 Å². The van der Waals surface area contributed by atoms with Gasteiger partial charge >= 0.3 is 0 Å². The van der Waals surface area contributed by atoms with Crippen LogP contribution in [0.4, 0.5) is 5.69 Å². The Morgan fingerprint density at radius 3 is 2.38 bits per heavy atom. The van der Waals surface area contributed by atoms with Crippen LogP contribution in [0, 0.1) is 6.92 Å². The van der Waals surface area contributed by atoms with E-state index in [2.05, 4.69) is 10.4 Å². The lowest BCUT2D eigenvalue weighted by Crippen LogP contribution is -2.18. The first kappa shape index (κ1) is 18.2. The summed E-state index contributed by atoms with van der Waals surface area (Å²) in [6.07, 6.45) is 0. The van der Waals surface area contributed by atoms with Gasteiger partial charge in [-0.05, 0) is 25.1 Å². The molecule has 3 rings (SSSR count). The Kier molecular flexibility index (Phi) is 5.11. The molecule has 1 amide bonds. The molecule has 3 aromatic rings. The Morgan fingerprint density at radius 1 is 1.08 bits per heavy atom. The quantitative estimate of drug-likeness (QED) is 0.669.